The highest BCUT2D eigenvalue weighted by atomic mass is 19.4. The number of aromatic nitrogens is 4. The van der Waals surface area contributed by atoms with E-state index in [1.54, 1.807) is 26.0 Å². The molecule has 1 aromatic carbocycles. The number of hydrogen-bond donors (Lipinski definition) is 0. The van der Waals surface area contributed by atoms with Crippen LogP contribution in [0.3, 0.4) is 0 Å². The molecular weight excluding hydrogens is 363 g/mol. The third kappa shape index (κ3) is 4.15. The predicted octanol–water partition coefficient (Wildman–Crippen LogP) is 2.91. The zero-order valence-corrected chi connectivity index (χ0v) is 14.8. The number of alkyl halides is 3. The number of hydrogen-bond acceptors (Lipinski definition) is 5. The third-order valence-electron chi connectivity index (χ3n) is 3.76. The van der Waals surface area contributed by atoms with Crippen molar-refractivity contribution in [1.29, 1.82) is 0 Å². The van der Waals surface area contributed by atoms with E-state index in [0.717, 1.165) is 11.4 Å². The quantitative estimate of drug-likeness (QED) is 0.697. The van der Waals surface area contributed by atoms with Crippen molar-refractivity contribution in [1.82, 2.24) is 24.5 Å². The second-order valence-electron chi connectivity index (χ2n) is 6.00. The summed E-state index contributed by atoms with van der Waals surface area (Å²) in [4.78, 5) is 22.2. The first kappa shape index (κ1) is 18.6. The Kier molecular flexibility index (Phi) is 4.73. The van der Waals surface area contributed by atoms with E-state index in [-0.39, 0.29) is 29.5 Å². The minimum Gasteiger partial charge on any atom is -0.405 e. The summed E-state index contributed by atoms with van der Waals surface area (Å²) in [5.74, 6) is -0.710. The van der Waals surface area contributed by atoms with Gasteiger partial charge in [-0.1, -0.05) is 18.2 Å². The molecule has 0 aliphatic rings. The number of carbonyl (C=O) groups is 1. The van der Waals surface area contributed by atoms with Crippen molar-refractivity contribution in [3.05, 3.63) is 53.1 Å². The molecule has 0 spiro atoms. The summed E-state index contributed by atoms with van der Waals surface area (Å²) in [6.07, 6.45) is -4.82. The molecule has 0 radical (unpaired) electrons. The molecular formula is C17H16F3N5O2. The molecule has 0 saturated heterocycles. The van der Waals surface area contributed by atoms with Crippen molar-refractivity contribution in [2.45, 2.75) is 26.8 Å². The van der Waals surface area contributed by atoms with Gasteiger partial charge in [0.2, 0.25) is 5.82 Å². The Morgan fingerprint density at radius 1 is 1.22 bits per heavy atom. The highest BCUT2D eigenvalue weighted by Gasteiger charge is 2.32. The number of benzene rings is 1. The van der Waals surface area contributed by atoms with Crippen LogP contribution in [0.1, 0.15) is 27.6 Å². The lowest BCUT2D eigenvalue weighted by molar-refractivity contribution is -0.275. The van der Waals surface area contributed by atoms with Gasteiger partial charge in [0.05, 0.1) is 0 Å². The Hall–Kier alpha value is -3.17. The number of para-hydroxylation sites is 1. The van der Waals surface area contributed by atoms with E-state index in [2.05, 4.69) is 19.8 Å². The molecule has 1 amide bonds. The van der Waals surface area contributed by atoms with Gasteiger partial charge in [-0.15, -0.1) is 18.3 Å². The van der Waals surface area contributed by atoms with E-state index < -0.39 is 12.3 Å². The van der Waals surface area contributed by atoms with Crippen LogP contribution < -0.4 is 4.74 Å². The molecule has 7 nitrogen and oxygen atoms in total. The molecule has 0 aliphatic carbocycles. The van der Waals surface area contributed by atoms with Gasteiger partial charge in [0.1, 0.15) is 5.75 Å². The molecule has 10 heteroatoms. The van der Waals surface area contributed by atoms with Crippen LogP contribution in [0.25, 0.3) is 5.78 Å². The number of aryl methyl sites for hydroxylation is 2. The standard InChI is InChI=1S/C17H16F3N5O2/c1-10-8-11(2)25-16(21-10)22-14(23-25)15(26)24(3)9-12-6-4-5-7-13(12)27-17(18,19)20/h4-8H,9H2,1-3H3. The third-order valence-corrected chi connectivity index (χ3v) is 3.76. The molecule has 27 heavy (non-hydrogen) atoms. The number of halogens is 3. The highest BCUT2D eigenvalue weighted by Crippen LogP contribution is 2.27. The average molecular weight is 379 g/mol. The second kappa shape index (κ2) is 6.86. The molecule has 3 aromatic rings. The first-order valence-electron chi connectivity index (χ1n) is 7.94. The molecule has 2 heterocycles. The zero-order chi connectivity index (χ0) is 19.8. The summed E-state index contributed by atoms with van der Waals surface area (Å²) < 4.78 is 43.1. The van der Waals surface area contributed by atoms with Crippen LogP contribution in [0.4, 0.5) is 13.2 Å². The fraction of sp³-hybridized carbons (Fsp3) is 0.294. The van der Waals surface area contributed by atoms with Crippen LogP contribution in [0.5, 0.6) is 5.75 Å². The van der Waals surface area contributed by atoms with Crippen molar-refractivity contribution >= 4 is 11.7 Å². The van der Waals surface area contributed by atoms with Crippen molar-refractivity contribution in [3.8, 4) is 5.75 Å². The number of nitrogens with zero attached hydrogens (tertiary/aromatic N) is 5. The monoisotopic (exact) mass is 379 g/mol. The summed E-state index contributed by atoms with van der Waals surface area (Å²) in [5, 5.41) is 4.14. The minimum atomic E-state index is -4.82. The molecule has 0 bridgehead atoms. The molecule has 0 unspecified atom stereocenters. The van der Waals surface area contributed by atoms with E-state index >= 15 is 0 Å². The van der Waals surface area contributed by atoms with Crippen molar-refractivity contribution < 1.29 is 22.7 Å². The fourth-order valence-corrected chi connectivity index (χ4v) is 2.61. The smallest absolute Gasteiger partial charge is 0.405 e. The Bertz CT molecular complexity index is 1000. The number of amides is 1. The Balaban J connectivity index is 1.84. The van der Waals surface area contributed by atoms with Crippen molar-refractivity contribution in [3.63, 3.8) is 0 Å². The Morgan fingerprint density at radius 2 is 1.93 bits per heavy atom. The average Bonchev–Trinajstić information content (AvgIpc) is 2.98. The van der Waals surface area contributed by atoms with Crippen LogP contribution in [0.2, 0.25) is 0 Å². The normalized spacial score (nSPS) is 11.6. The Morgan fingerprint density at radius 3 is 2.63 bits per heavy atom. The highest BCUT2D eigenvalue weighted by molar-refractivity contribution is 5.90. The number of rotatable bonds is 4. The van der Waals surface area contributed by atoms with Gasteiger partial charge in [0.15, 0.2) is 0 Å². The van der Waals surface area contributed by atoms with E-state index in [0.29, 0.717) is 0 Å². The van der Waals surface area contributed by atoms with Crippen LogP contribution in [-0.2, 0) is 6.54 Å². The lowest BCUT2D eigenvalue weighted by Gasteiger charge is -2.18. The Labute approximate surface area is 152 Å². The maximum absolute atomic E-state index is 12.6. The summed E-state index contributed by atoms with van der Waals surface area (Å²) in [6, 6.07) is 7.44. The largest absolute Gasteiger partial charge is 0.573 e. The minimum absolute atomic E-state index is 0.0899. The maximum Gasteiger partial charge on any atom is 0.573 e. The van der Waals surface area contributed by atoms with Crippen LogP contribution in [0.15, 0.2) is 30.3 Å². The molecule has 0 saturated carbocycles. The van der Waals surface area contributed by atoms with Gasteiger partial charge < -0.3 is 9.64 Å². The van der Waals surface area contributed by atoms with Crippen molar-refractivity contribution in [2.24, 2.45) is 0 Å². The van der Waals surface area contributed by atoms with Gasteiger partial charge in [0, 0.05) is 30.5 Å². The van der Waals surface area contributed by atoms with Crippen LogP contribution in [0, 0.1) is 13.8 Å². The van der Waals surface area contributed by atoms with Gasteiger partial charge >= 0.3 is 6.36 Å². The van der Waals surface area contributed by atoms with E-state index in [9.17, 15) is 18.0 Å². The summed E-state index contributed by atoms with van der Waals surface area (Å²) in [7, 11) is 1.45. The van der Waals surface area contributed by atoms with E-state index in [4.69, 9.17) is 0 Å². The molecule has 0 atom stereocenters. The lowest BCUT2D eigenvalue weighted by Crippen LogP contribution is -2.28. The molecule has 142 valence electrons. The lowest BCUT2D eigenvalue weighted by atomic mass is 10.2. The summed E-state index contributed by atoms with van der Waals surface area (Å²) >= 11 is 0. The topological polar surface area (TPSA) is 72.6 Å². The molecule has 0 aliphatic heterocycles. The SMILES string of the molecule is Cc1cc(C)n2nc(C(=O)N(C)Cc3ccccc3OC(F)(F)F)nc2n1. The van der Waals surface area contributed by atoms with E-state index in [1.165, 1.54) is 34.7 Å². The summed E-state index contributed by atoms with van der Waals surface area (Å²) in [5.41, 5.74) is 1.70. The first-order chi connectivity index (χ1) is 12.6. The molecule has 0 N–H and O–H groups in total. The van der Waals surface area contributed by atoms with Gasteiger partial charge in [-0.05, 0) is 26.0 Å². The maximum atomic E-state index is 12.6. The zero-order valence-electron chi connectivity index (χ0n) is 14.8. The summed E-state index contributed by atoms with van der Waals surface area (Å²) in [6.45, 7) is 3.50. The number of fused-ring (bicyclic) bond motifs is 1. The van der Waals surface area contributed by atoms with Gasteiger partial charge in [-0.3, -0.25) is 4.79 Å². The molecule has 2 aromatic heterocycles. The second-order valence-corrected chi connectivity index (χ2v) is 6.00. The van der Waals surface area contributed by atoms with Gasteiger partial charge in [0.25, 0.3) is 11.7 Å². The predicted molar refractivity (Wildman–Crippen MR) is 89.2 cm³/mol. The van der Waals surface area contributed by atoms with Crippen LogP contribution in [-0.4, -0.2) is 43.8 Å². The molecule has 3 rings (SSSR count). The van der Waals surface area contributed by atoms with Crippen LogP contribution >= 0.6 is 0 Å². The van der Waals surface area contributed by atoms with Gasteiger partial charge in [-0.2, -0.15) is 4.98 Å². The fourth-order valence-electron chi connectivity index (χ4n) is 2.61. The molecule has 0 fully saturated rings. The van der Waals surface area contributed by atoms with Gasteiger partial charge in [-0.25, -0.2) is 9.50 Å². The first-order valence-corrected chi connectivity index (χ1v) is 7.94. The van der Waals surface area contributed by atoms with Crippen molar-refractivity contribution in [2.75, 3.05) is 7.05 Å². The number of ether oxygens (including phenoxy) is 1. The number of carbonyl (C=O) groups excluding carboxylic acids is 1. The van der Waals surface area contributed by atoms with E-state index in [1.807, 2.05) is 0 Å².